The van der Waals surface area contributed by atoms with E-state index in [0.717, 1.165) is 45.3 Å². The fourth-order valence-electron chi connectivity index (χ4n) is 2.66. The van der Waals surface area contributed by atoms with E-state index in [1.165, 1.54) is 0 Å². The molecule has 3 aliphatic heterocycles. The van der Waals surface area contributed by atoms with E-state index < -0.39 is 0 Å². The van der Waals surface area contributed by atoms with Crippen LogP contribution in [0.1, 0.15) is 32.6 Å². The molecule has 2 heteroatoms. The summed E-state index contributed by atoms with van der Waals surface area (Å²) in [5.41, 5.74) is 0.115. The summed E-state index contributed by atoms with van der Waals surface area (Å²) in [6, 6.07) is 0. The Morgan fingerprint density at radius 3 is 2.58 bits per heavy atom. The van der Waals surface area contributed by atoms with Crippen molar-refractivity contribution < 1.29 is 4.79 Å². The van der Waals surface area contributed by atoms with Crippen LogP contribution in [-0.4, -0.2) is 30.3 Å². The normalized spacial score (nSPS) is 40.4. The summed E-state index contributed by atoms with van der Waals surface area (Å²) in [7, 11) is 0. The number of rotatable bonds is 2. The van der Waals surface area contributed by atoms with Crippen LogP contribution < -0.4 is 0 Å². The van der Waals surface area contributed by atoms with Crippen LogP contribution in [0.25, 0.3) is 0 Å². The first-order valence-electron chi connectivity index (χ1n) is 5.02. The molecule has 3 saturated heterocycles. The lowest BCUT2D eigenvalue weighted by Gasteiger charge is -2.47. The van der Waals surface area contributed by atoms with Gasteiger partial charge in [0.05, 0.1) is 6.54 Å². The maximum absolute atomic E-state index is 11.7. The van der Waals surface area contributed by atoms with Crippen LogP contribution in [0.3, 0.4) is 0 Å². The Labute approximate surface area is 73.9 Å². The van der Waals surface area contributed by atoms with Crippen molar-refractivity contribution in [1.82, 2.24) is 4.90 Å². The van der Waals surface area contributed by atoms with Crippen molar-refractivity contribution in [3.05, 3.63) is 0 Å². The molecule has 0 spiro atoms. The van der Waals surface area contributed by atoms with Crippen molar-refractivity contribution in [2.24, 2.45) is 5.41 Å². The first-order valence-corrected chi connectivity index (χ1v) is 5.02. The number of Topliss-reactive ketones (excluding diaryl/α,β-unsaturated/α-hetero) is 1. The van der Waals surface area contributed by atoms with Gasteiger partial charge in [-0.05, 0) is 32.4 Å². The Kier molecular flexibility index (Phi) is 1.95. The molecule has 0 aromatic rings. The summed E-state index contributed by atoms with van der Waals surface area (Å²) in [5.74, 6) is 0.516. The molecule has 0 atom stereocenters. The van der Waals surface area contributed by atoms with E-state index in [-0.39, 0.29) is 5.41 Å². The molecule has 3 heterocycles. The van der Waals surface area contributed by atoms with Gasteiger partial charge in [0.25, 0.3) is 0 Å². The monoisotopic (exact) mass is 167 g/mol. The average molecular weight is 167 g/mol. The average Bonchev–Trinajstić information content (AvgIpc) is 2.08. The second-order valence-electron chi connectivity index (χ2n) is 4.23. The molecular weight excluding hydrogens is 150 g/mol. The van der Waals surface area contributed by atoms with Crippen molar-refractivity contribution in [2.75, 3.05) is 19.6 Å². The smallest absolute Gasteiger partial charge is 0.153 e. The fraction of sp³-hybridized carbons (Fsp3) is 0.900. The van der Waals surface area contributed by atoms with Gasteiger partial charge in [-0.2, -0.15) is 0 Å². The van der Waals surface area contributed by atoms with Crippen LogP contribution in [0.4, 0.5) is 0 Å². The zero-order valence-corrected chi connectivity index (χ0v) is 7.81. The van der Waals surface area contributed by atoms with Gasteiger partial charge >= 0.3 is 0 Å². The molecule has 0 amide bonds. The van der Waals surface area contributed by atoms with E-state index in [1.807, 2.05) is 0 Å². The Hall–Kier alpha value is -0.370. The van der Waals surface area contributed by atoms with Gasteiger partial charge in [-0.3, -0.25) is 9.69 Å². The van der Waals surface area contributed by atoms with E-state index in [0.29, 0.717) is 5.78 Å². The highest BCUT2D eigenvalue weighted by atomic mass is 16.1. The Bertz CT molecular complexity index is 187. The Morgan fingerprint density at radius 1 is 1.42 bits per heavy atom. The minimum absolute atomic E-state index is 0.115. The van der Waals surface area contributed by atoms with E-state index >= 15 is 0 Å². The molecule has 2 bridgehead atoms. The van der Waals surface area contributed by atoms with E-state index in [9.17, 15) is 4.79 Å². The van der Waals surface area contributed by atoms with Gasteiger partial charge in [-0.15, -0.1) is 0 Å². The van der Waals surface area contributed by atoms with Gasteiger partial charge in [-0.1, -0.05) is 13.3 Å². The second kappa shape index (κ2) is 2.84. The van der Waals surface area contributed by atoms with Crippen molar-refractivity contribution in [1.29, 1.82) is 0 Å². The molecule has 0 aromatic carbocycles. The topological polar surface area (TPSA) is 20.3 Å². The molecule has 68 valence electrons. The molecule has 0 radical (unpaired) electrons. The molecule has 0 aliphatic carbocycles. The van der Waals surface area contributed by atoms with Gasteiger partial charge in [-0.25, -0.2) is 0 Å². The first-order chi connectivity index (χ1) is 5.77. The molecule has 2 nitrogen and oxygen atoms in total. The lowest BCUT2D eigenvalue weighted by atomic mass is 9.68. The molecule has 0 N–H and O–H groups in total. The minimum atomic E-state index is 0.115. The maximum Gasteiger partial charge on any atom is 0.153 e. The van der Waals surface area contributed by atoms with Crippen molar-refractivity contribution in [2.45, 2.75) is 32.6 Å². The van der Waals surface area contributed by atoms with Gasteiger partial charge in [0.15, 0.2) is 5.78 Å². The van der Waals surface area contributed by atoms with Crippen LogP contribution >= 0.6 is 0 Å². The summed E-state index contributed by atoms with van der Waals surface area (Å²) in [6.07, 6.45) is 4.53. The lowest BCUT2D eigenvalue weighted by Crippen LogP contribution is -2.54. The summed E-state index contributed by atoms with van der Waals surface area (Å²) < 4.78 is 0. The number of fused-ring (bicyclic) bond motifs is 3. The quantitative estimate of drug-likeness (QED) is 0.620. The standard InChI is InChI=1S/C10H17NO/c1-2-3-10-4-6-11(7-5-10)8-9(10)12/h2-8H2,1H3. The summed E-state index contributed by atoms with van der Waals surface area (Å²) >= 11 is 0. The van der Waals surface area contributed by atoms with Crippen molar-refractivity contribution >= 4 is 5.78 Å². The predicted octanol–water partition coefficient (Wildman–Crippen LogP) is 1.45. The van der Waals surface area contributed by atoms with Gasteiger partial charge in [0.1, 0.15) is 0 Å². The number of nitrogens with zero attached hydrogens (tertiary/aromatic N) is 1. The predicted molar refractivity (Wildman–Crippen MR) is 48.0 cm³/mol. The number of hydrogen-bond acceptors (Lipinski definition) is 2. The zero-order chi connectivity index (χ0) is 8.60. The van der Waals surface area contributed by atoms with Gasteiger partial charge in [0, 0.05) is 5.41 Å². The largest absolute Gasteiger partial charge is 0.298 e. The fourth-order valence-corrected chi connectivity index (χ4v) is 2.66. The minimum Gasteiger partial charge on any atom is -0.298 e. The molecule has 0 unspecified atom stereocenters. The molecule has 0 aromatic heterocycles. The first kappa shape index (κ1) is 8.24. The Morgan fingerprint density at radius 2 is 2.08 bits per heavy atom. The van der Waals surface area contributed by atoms with Crippen LogP contribution in [0, 0.1) is 5.41 Å². The number of carbonyl (C=O) groups is 1. The third-order valence-electron chi connectivity index (χ3n) is 3.50. The summed E-state index contributed by atoms with van der Waals surface area (Å²) in [4.78, 5) is 14.0. The highest BCUT2D eigenvalue weighted by molar-refractivity contribution is 5.88. The van der Waals surface area contributed by atoms with Crippen LogP contribution in [0.2, 0.25) is 0 Å². The number of hydrogen-bond donors (Lipinski definition) is 0. The van der Waals surface area contributed by atoms with E-state index in [1.54, 1.807) is 0 Å². The molecular formula is C10H17NO. The molecule has 3 aliphatic rings. The van der Waals surface area contributed by atoms with E-state index in [4.69, 9.17) is 0 Å². The third kappa shape index (κ3) is 1.09. The highest BCUT2D eigenvalue weighted by Crippen LogP contribution is 2.40. The SMILES string of the molecule is CCCC12CCN(CC1)CC2=O. The Balaban J connectivity index is 2.15. The zero-order valence-electron chi connectivity index (χ0n) is 7.81. The summed E-state index contributed by atoms with van der Waals surface area (Å²) in [5, 5.41) is 0. The number of piperidine rings is 3. The molecule has 3 fully saturated rings. The second-order valence-corrected chi connectivity index (χ2v) is 4.23. The molecule has 0 saturated carbocycles. The van der Waals surface area contributed by atoms with Crippen LogP contribution in [-0.2, 0) is 4.79 Å². The van der Waals surface area contributed by atoms with Gasteiger partial charge < -0.3 is 0 Å². The highest BCUT2D eigenvalue weighted by Gasteiger charge is 2.45. The van der Waals surface area contributed by atoms with Crippen LogP contribution in [0.5, 0.6) is 0 Å². The van der Waals surface area contributed by atoms with Crippen molar-refractivity contribution in [3.63, 3.8) is 0 Å². The van der Waals surface area contributed by atoms with Crippen LogP contribution in [0.15, 0.2) is 0 Å². The van der Waals surface area contributed by atoms with Crippen molar-refractivity contribution in [3.8, 4) is 0 Å². The molecule has 12 heavy (non-hydrogen) atoms. The maximum atomic E-state index is 11.7. The number of ketones is 1. The molecule has 3 rings (SSSR count). The summed E-state index contributed by atoms with van der Waals surface area (Å²) in [6.45, 7) is 5.24. The third-order valence-corrected chi connectivity index (χ3v) is 3.50. The lowest BCUT2D eigenvalue weighted by molar-refractivity contribution is -0.140. The number of carbonyl (C=O) groups excluding carboxylic acids is 1. The van der Waals surface area contributed by atoms with Gasteiger partial charge in [0.2, 0.25) is 0 Å². The van der Waals surface area contributed by atoms with E-state index in [2.05, 4.69) is 11.8 Å².